The standard InChI is InChI=1S/C43H27N3S/c1-4-14-28(15-5-1)38-34-21-11-10-20-33(34)37(39-35-22-12-13-23-36(35)47-40(38)39)29-24-26-32(27-25-29)43-45-41(30-16-6-2-7-17-30)44-42(46-43)31-18-8-3-9-19-31/h1-27H. The maximum absolute atomic E-state index is 4.96. The molecule has 0 amide bonds. The Bertz CT molecular complexity index is 2480. The fraction of sp³-hybridized carbons (Fsp3) is 0. The van der Waals surface area contributed by atoms with Crippen molar-refractivity contribution in [3.8, 4) is 56.4 Å². The lowest BCUT2D eigenvalue weighted by Gasteiger charge is -2.16. The fourth-order valence-electron chi connectivity index (χ4n) is 6.56. The number of nitrogens with zero attached hydrogens (tertiary/aromatic N) is 3. The van der Waals surface area contributed by atoms with Gasteiger partial charge in [-0.1, -0.05) is 158 Å². The van der Waals surface area contributed by atoms with Crippen molar-refractivity contribution in [2.45, 2.75) is 0 Å². The highest BCUT2D eigenvalue weighted by Gasteiger charge is 2.21. The van der Waals surface area contributed by atoms with E-state index in [1.807, 2.05) is 72.0 Å². The summed E-state index contributed by atoms with van der Waals surface area (Å²) >= 11 is 1.88. The second-order valence-corrected chi connectivity index (χ2v) is 12.6. The zero-order valence-corrected chi connectivity index (χ0v) is 26.2. The van der Waals surface area contributed by atoms with Gasteiger partial charge in [0.15, 0.2) is 17.5 Å². The third-order valence-corrected chi connectivity index (χ3v) is 9.92. The summed E-state index contributed by atoms with van der Waals surface area (Å²) < 4.78 is 2.60. The quantitative estimate of drug-likeness (QED) is 0.193. The topological polar surface area (TPSA) is 38.7 Å². The molecule has 0 bridgehead atoms. The van der Waals surface area contributed by atoms with E-state index in [1.54, 1.807) is 0 Å². The molecule has 0 unspecified atom stereocenters. The van der Waals surface area contributed by atoms with Crippen LogP contribution < -0.4 is 0 Å². The molecular formula is C43H27N3S. The Morgan fingerprint density at radius 2 is 0.702 bits per heavy atom. The van der Waals surface area contributed by atoms with E-state index in [1.165, 1.54) is 53.2 Å². The van der Waals surface area contributed by atoms with Crippen molar-refractivity contribution in [3.05, 3.63) is 164 Å². The second-order valence-electron chi connectivity index (χ2n) is 11.6. The van der Waals surface area contributed by atoms with Crippen LogP contribution in [-0.4, -0.2) is 15.0 Å². The Kier molecular flexibility index (Phi) is 6.65. The summed E-state index contributed by atoms with van der Waals surface area (Å²) in [5, 5.41) is 5.09. The van der Waals surface area contributed by atoms with Crippen LogP contribution in [0.4, 0.5) is 0 Å². The first kappa shape index (κ1) is 27.3. The third-order valence-electron chi connectivity index (χ3n) is 8.73. The van der Waals surface area contributed by atoms with Gasteiger partial charge in [0, 0.05) is 42.4 Å². The predicted molar refractivity (Wildman–Crippen MR) is 197 cm³/mol. The first-order valence-corrected chi connectivity index (χ1v) is 16.5. The Morgan fingerprint density at radius 1 is 0.319 bits per heavy atom. The first-order valence-electron chi connectivity index (χ1n) is 15.7. The number of hydrogen-bond acceptors (Lipinski definition) is 4. The number of thiophene rings is 1. The van der Waals surface area contributed by atoms with E-state index in [2.05, 4.69) is 103 Å². The van der Waals surface area contributed by atoms with Crippen LogP contribution in [0.1, 0.15) is 0 Å². The molecule has 47 heavy (non-hydrogen) atoms. The predicted octanol–water partition coefficient (Wildman–Crippen LogP) is 11.7. The molecule has 9 rings (SSSR count). The highest BCUT2D eigenvalue weighted by molar-refractivity contribution is 7.26. The van der Waals surface area contributed by atoms with Gasteiger partial charge in [-0.3, -0.25) is 0 Å². The number of aromatic nitrogens is 3. The summed E-state index contributed by atoms with van der Waals surface area (Å²) in [6.07, 6.45) is 0. The van der Waals surface area contributed by atoms with Gasteiger partial charge in [-0.05, 0) is 33.5 Å². The molecule has 0 aliphatic rings. The SMILES string of the molecule is c1ccc(-c2nc(-c3ccccc3)nc(-c3ccc(-c4c5ccccc5c(-c5ccccc5)c5sc6ccccc6c45)cc3)n2)cc1. The van der Waals surface area contributed by atoms with Crippen LogP contribution in [0.15, 0.2) is 164 Å². The van der Waals surface area contributed by atoms with Gasteiger partial charge in [-0.25, -0.2) is 15.0 Å². The minimum Gasteiger partial charge on any atom is -0.208 e. The molecule has 2 heterocycles. The minimum atomic E-state index is 0.652. The van der Waals surface area contributed by atoms with Crippen LogP contribution in [-0.2, 0) is 0 Å². The van der Waals surface area contributed by atoms with Gasteiger partial charge in [0.25, 0.3) is 0 Å². The average Bonchev–Trinajstić information content (AvgIpc) is 3.53. The summed E-state index contributed by atoms with van der Waals surface area (Å²) in [4.78, 5) is 14.8. The Labute approximate surface area is 276 Å². The maximum Gasteiger partial charge on any atom is 0.164 e. The zero-order valence-electron chi connectivity index (χ0n) is 25.3. The van der Waals surface area contributed by atoms with Crippen molar-refractivity contribution in [3.63, 3.8) is 0 Å². The van der Waals surface area contributed by atoms with Crippen molar-refractivity contribution in [2.75, 3.05) is 0 Å². The van der Waals surface area contributed by atoms with Gasteiger partial charge in [0.2, 0.25) is 0 Å². The van der Waals surface area contributed by atoms with E-state index >= 15 is 0 Å². The molecule has 3 nitrogen and oxygen atoms in total. The van der Waals surface area contributed by atoms with Crippen molar-refractivity contribution in [1.29, 1.82) is 0 Å². The molecule has 220 valence electrons. The molecule has 2 aromatic heterocycles. The first-order chi connectivity index (χ1) is 23.3. The van der Waals surface area contributed by atoms with Crippen molar-refractivity contribution in [1.82, 2.24) is 15.0 Å². The van der Waals surface area contributed by atoms with Crippen molar-refractivity contribution >= 4 is 42.3 Å². The van der Waals surface area contributed by atoms with Crippen LogP contribution in [0.25, 0.3) is 87.4 Å². The molecule has 0 spiro atoms. The van der Waals surface area contributed by atoms with Gasteiger partial charge < -0.3 is 0 Å². The maximum atomic E-state index is 4.96. The van der Waals surface area contributed by atoms with Crippen molar-refractivity contribution in [2.24, 2.45) is 0 Å². The Hall–Kier alpha value is -5.97. The lowest BCUT2D eigenvalue weighted by atomic mass is 9.88. The summed E-state index contributed by atoms with van der Waals surface area (Å²) in [6, 6.07) is 57.4. The molecule has 9 aromatic rings. The molecule has 0 aliphatic heterocycles. The second kappa shape index (κ2) is 11.4. The normalized spacial score (nSPS) is 11.4. The largest absolute Gasteiger partial charge is 0.208 e. The van der Waals surface area contributed by atoms with Crippen LogP contribution in [0, 0.1) is 0 Å². The summed E-state index contributed by atoms with van der Waals surface area (Å²) in [5.41, 5.74) is 7.82. The number of fused-ring (bicyclic) bond motifs is 4. The summed E-state index contributed by atoms with van der Waals surface area (Å²) in [5.74, 6) is 1.97. The van der Waals surface area contributed by atoms with Gasteiger partial charge in [0.1, 0.15) is 0 Å². The smallest absolute Gasteiger partial charge is 0.164 e. The van der Waals surface area contributed by atoms with E-state index in [4.69, 9.17) is 15.0 Å². The third kappa shape index (κ3) is 4.78. The molecular weight excluding hydrogens is 591 g/mol. The van der Waals surface area contributed by atoms with Crippen molar-refractivity contribution < 1.29 is 0 Å². The molecule has 7 aromatic carbocycles. The van der Waals surface area contributed by atoms with Gasteiger partial charge in [-0.2, -0.15) is 0 Å². The fourth-order valence-corrected chi connectivity index (χ4v) is 7.85. The van der Waals surface area contributed by atoms with Crippen LogP contribution >= 0.6 is 11.3 Å². The van der Waals surface area contributed by atoms with E-state index in [0.29, 0.717) is 17.5 Å². The molecule has 4 heteroatoms. The molecule has 0 fully saturated rings. The molecule has 0 saturated heterocycles. The number of rotatable bonds is 5. The van der Waals surface area contributed by atoms with Crippen LogP contribution in [0.5, 0.6) is 0 Å². The lowest BCUT2D eigenvalue weighted by molar-refractivity contribution is 1.07. The zero-order chi connectivity index (χ0) is 31.2. The molecule has 0 N–H and O–H groups in total. The van der Waals surface area contributed by atoms with E-state index in [9.17, 15) is 0 Å². The Morgan fingerprint density at radius 3 is 1.26 bits per heavy atom. The highest BCUT2D eigenvalue weighted by atomic mass is 32.1. The number of benzene rings is 7. The van der Waals surface area contributed by atoms with Gasteiger partial charge >= 0.3 is 0 Å². The number of hydrogen-bond donors (Lipinski definition) is 0. The highest BCUT2D eigenvalue weighted by Crippen LogP contribution is 2.49. The minimum absolute atomic E-state index is 0.652. The summed E-state index contributed by atoms with van der Waals surface area (Å²) in [7, 11) is 0. The van der Waals surface area contributed by atoms with E-state index in [0.717, 1.165) is 16.7 Å². The van der Waals surface area contributed by atoms with E-state index < -0.39 is 0 Å². The molecule has 0 radical (unpaired) electrons. The van der Waals surface area contributed by atoms with E-state index in [-0.39, 0.29) is 0 Å². The average molecular weight is 618 g/mol. The van der Waals surface area contributed by atoms with Crippen LogP contribution in [0.3, 0.4) is 0 Å². The lowest BCUT2D eigenvalue weighted by Crippen LogP contribution is -2.00. The molecule has 0 saturated carbocycles. The Balaban J connectivity index is 1.26. The monoisotopic (exact) mass is 617 g/mol. The van der Waals surface area contributed by atoms with Gasteiger partial charge in [0.05, 0.1) is 0 Å². The molecule has 0 atom stereocenters. The van der Waals surface area contributed by atoms with Crippen LogP contribution in [0.2, 0.25) is 0 Å². The molecule has 0 aliphatic carbocycles. The van der Waals surface area contributed by atoms with Gasteiger partial charge in [-0.15, -0.1) is 11.3 Å². The summed E-state index contributed by atoms with van der Waals surface area (Å²) in [6.45, 7) is 0.